The minimum absolute atomic E-state index is 0.174. The van der Waals surface area contributed by atoms with Crippen molar-refractivity contribution >= 4 is 22.7 Å². The van der Waals surface area contributed by atoms with Gasteiger partial charge in [0.2, 0.25) is 0 Å². The second kappa shape index (κ2) is 10.6. The van der Waals surface area contributed by atoms with E-state index in [4.69, 9.17) is 9.47 Å². The second-order valence-electron chi connectivity index (χ2n) is 7.30. The first-order valence-electron chi connectivity index (χ1n) is 10.6. The molecule has 4 nitrogen and oxygen atoms in total. The highest BCUT2D eigenvalue weighted by Crippen LogP contribution is 2.29. The molecule has 0 fully saturated rings. The highest BCUT2D eigenvalue weighted by molar-refractivity contribution is 6.43. The summed E-state index contributed by atoms with van der Waals surface area (Å²) >= 11 is 0. The summed E-state index contributed by atoms with van der Waals surface area (Å²) in [7, 11) is 0. The molecule has 2 aromatic rings. The van der Waals surface area contributed by atoms with E-state index in [9.17, 15) is 9.59 Å². The third-order valence-corrected chi connectivity index (χ3v) is 4.95. The Hall–Kier alpha value is -3.14. The number of allylic oxidation sites excluding steroid dienone is 4. The van der Waals surface area contributed by atoms with Gasteiger partial charge in [-0.25, -0.2) is 0 Å². The molecule has 0 radical (unpaired) electrons. The van der Waals surface area contributed by atoms with Crippen molar-refractivity contribution in [2.24, 2.45) is 0 Å². The van der Waals surface area contributed by atoms with Crippen LogP contribution < -0.4 is 9.47 Å². The molecule has 0 heterocycles. The van der Waals surface area contributed by atoms with Crippen molar-refractivity contribution < 1.29 is 19.1 Å². The van der Waals surface area contributed by atoms with E-state index >= 15 is 0 Å². The lowest BCUT2D eigenvalue weighted by Gasteiger charge is -2.14. The Morgan fingerprint density at radius 1 is 0.600 bits per heavy atom. The van der Waals surface area contributed by atoms with Gasteiger partial charge in [-0.1, -0.05) is 51.0 Å². The van der Waals surface area contributed by atoms with E-state index in [1.165, 1.54) is 12.2 Å². The van der Waals surface area contributed by atoms with Crippen LogP contribution in [0.2, 0.25) is 0 Å². The summed E-state index contributed by atoms with van der Waals surface area (Å²) in [6.45, 7) is 5.57. The highest BCUT2D eigenvalue weighted by Gasteiger charge is 2.22. The molecule has 3 rings (SSSR count). The maximum Gasteiger partial charge on any atom is 0.187 e. The quantitative estimate of drug-likeness (QED) is 0.378. The predicted octanol–water partition coefficient (Wildman–Crippen LogP) is 5.66. The largest absolute Gasteiger partial charge is 0.494 e. The minimum Gasteiger partial charge on any atom is -0.494 e. The van der Waals surface area contributed by atoms with Gasteiger partial charge >= 0.3 is 0 Å². The van der Waals surface area contributed by atoms with Crippen LogP contribution in [-0.4, -0.2) is 24.8 Å². The molecule has 30 heavy (non-hydrogen) atoms. The van der Waals surface area contributed by atoms with Crippen LogP contribution in [0.1, 0.15) is 50.7 Å². The molecular formula is C26H28O4. The Balaban J connectivity index is 1.69. The van der Waals surface area contributed by atoms with E-state index in [0.717, 1.165) is 37.2 Å². The summed E-state index contributed by atoms with van der Waals surface area (Å²) in [6.07, 6.45) is 7.00. The SMILES string of the molecule is CCCCOc1ccc(C2=CC(=O)C(c3ccc(OCCCC)cc3)=CC2=O)cc1. The zero-order chi connectivity index (χ0) is 21.3. The molecule has 0 saturated carbocycles. The monoisotopic (exact) mass is 404 g/mol. The van der Waals surface area contributed by atoms with Crippen LogP contribution in [0.5, 0.6) is 11.5 Å². The van der Waals surface area contributed by atoms with Crippen molar-refractivity contribution in [2.45, 2.75) is 39.5 Å². The van der Waals surface area contributed by atoms with Gasteiger partial charge in [-0.3, -0.25) is 9.59 Å². The van der Waals surface area contributed by atoms with E-state index in [1.54, 1.807) is 0 Å². The third-order valence-electron chi connectivity index (χ3n) is 4.95. The van der Waals surface area contributed by atoms with Crippen molar-refractivity contribution in [1.82, 2.24) is 0 Å². The Labute approximate surface area is 178 Å². The van der Waals surface area contributed by atoms with Gasteiger partial charge in [0.15, 0.2) is 11.6 Å². The van der Waals surface area contributed by atoms with Crippen LogP contribution in [-0.2, 0) is 9.59 Å². The van der Waals surface area contributed by atoms with Crippen LogP contribution in [0.25, 0.3) is 11.1 Å². The first kappa shape index (κ1) is 21.6. The lowest BCUT2D eigenvalue weighted by Crippen LogP contribution is -2.12. The standard InChI is InChI=1S/C26H28O4/c1-3-5-15-29-21-11-7-19(8-12-21)23-17-26(28)24(18-25(23)27)20-9-13-22(14-10-20)30-16-6-4-2/h7-14,17-18H,3-6,15-16H2,1-2H3. The van der Waals surface area contributed by atoms with Gasteiger partial charge in [0.25, 0.3) is 0 Å². The molecule has 0 aliphatic heterocycles. The first-order chi connectivity index (χ1) is 14.6. The lowest BCUT2D eigenvalue weighted by atomic mass is 9.89. The van der Waals surface area contributed by atoms with Gasteiger partial charge in [-0.2, -0.15) is 0 Å². The fraction of sp³-hybridized carbons (Fsp3) is 0.308. The number of unbranched alkanes of at least 4 members (excludes halogenated alkanes) is 2. The summed E-state index contributed by atoms with van der Waals surface area (Å²) in [5.74, 6) is 1.18. The van der Waals surface area contributed by atoms with Gasteiger partial charge in [-0.15, -0.1) is 0 Å². The molecular weight excluding hydrogens is 376 g/mol. The summed E-state index contributed by atoms with van der Waals surface area (Å²) in [4.78, 5) is 25.4. The number of hydrogen-bond donors (Lipinski definition) is 0. The molecule has 1 aliphatic carbocycles. The average molecular weight is 405 g/mol. The zero-order valence-corrected chi connectivity index (χ0v) is 17.6. The van der Waals surface area contributed by atoms with Crippen LogP contribution in [0.4, 0.5) is 0 Å². The maximum absolute atomic E-state index is 12.7. The summed E-state index contributed by atoms with van der Waals surface area (Å²) < 4.78 is 11.3. The lowest BCUT2D eigenvalue weighted by molar-refractivity contribution is -0.112. The second-order valence-corrected chi connectivity index (χ2v) is 7.30. The van der Waals surface area contributed by atoms with Gasteiger partial charge in [0.05, 0.1) is 13.2 Å². The van der Waals surface area contributed by atoms with Crippen LogP contribution in [0.15, 0.2) is 60.7 Å². The van der Waals surface area contributed by atoms with E-state index in [-0.39, 0.29) is 11.6 Å². The van der Waals surface area contributed by atoms with Crippen LogP contribution >= 0.6 is 0 Å². The first-order valence-corrected chi connectivity index (χ1v) is 10.6. The summed E-state index contributed by atoms with van der Waals surface area (Å²) in [6, 6.07) is 14.6. The fourth-order valence-corrected chi connectivity index (χ4v) is 3.14. The smallest absolute Gasteiger partial charge is 0.187 e. The van der Waals surface area contributed by atoms with Gasteiger partial charge in [0, 0.05) is 11.1 Å². The van der Waals surface area contributed by atoms with E-state index in [2.05, 4.69) is 13.8 Å². The molecule has 0 saturated heterocycles. The number of carbonyl (C=O) groups excluding carboxylic acids is 2. The summed E-state index contributed by atoms with van der Waals surface area (Å²) in [5, 5.41) is 0. The number of ketones is 2. The molecule has 0 N–H and O–H groups in total. The van der Waals surface area contributed by atoms with Crippen molar-refractivity contribution in [3.63, 3.8) is 0 Å². The minimum atomic E-state index is -0.174. The molecule has 2 aromatic carbocycles. The van der Waals surface area contributed by atoms with Crippen molar-refractivity contribution in [3.8, 4) is 11.5 Å². The molecule has 0 spiro atoms. The Morgan fingerprint density at radius 2 is 0.967 bits per heavy atom. The predicted molar refractivity (Wildman–Crippen MR) is 120 cm³/mol. The Kier molecular flexibility index (Phi) is 7.61. The molecule has 0 aromatic heterocycles. The number of carbonyl (C=O) groups is 2. The normalized spacial score (nSPS) is 13.7. The summed E-state index contributed by atoms with van der Waals surface area (Å²) in [5.41, 5.74) is 2.24. The van der Waals surface area contributed by atoms with Gasteiger partial charge in [-0.05, 0) is 60.4 Å². The van der Waals surface area contributed by atoms with Crippen molar-refractivity contribution in [1.29, 1.82) is 0 Å². The number of benzene rings is 2. The van der Waals surface area contributed by atoms with Crippen molar-refractivity contribution in [3.05, 3.63) is 71.8 Å². The Bertz CT molecular complexity index is 855. The van der Waals surface area contributed by atoms with E-state index in [0.29, 0.717) is 35.5 Å². The number of ether oxygens (including phenoxy) is 2. The van der Waals surface area contributed by atoms with Gasteiger partial charge in [0.1, 0.15) is 11.5 Å². The third kappa shape index (κ3) is 5.47. The highest BCUT2D eigenvalue weighted by atomic mass is 16.5. The molecule has 0 bridgehead atoms. The fourth-order valence-electron chi connectivity index (χ4n) is 3.14. The van der Waals surface area contributed by atoms with Crippen LogP contribution in [0.3, 0.4) is 0 Å². The topological polar surface area (TPSA) is 52.6 Å². The average Bonchev–Trinajstić information content (AvgIpc) is 2.77. The molecule has 4 heteroatoms. The Morgan fingerprint density at radius 3 is 1.30 bits per heavy atom. The molecule has 0 atom stereocenters. The van der Waals surface area contributed by atoms with E-state index in [1.807, 2.05) is 48.5 Å². The molecule has 1 aliphatic rings. The number of hydrogen-bond acceptors (Lipinski definition) is 4. The molecule has 156 valence electrons. The van der Waals surface area contributed by atoms with E-state index < -0.39 is 0 Å². The zero-order valence-electron chi connectivity index (χ0n) is 17.6. The maximum atomic E-state index is 12.7. The van der Waals surface area contributed by atoms with Gasteiger partial charge < -0.3 is 9.47 Å². The van der Waals surface area contributed by atoms with Crippen molar-refractivity contribution in [2.75, 3.05) is 13.2 Å². The van der Waals surface area contributed by atoms with Crippen LogP contribution in [0, 0.1) is 0 Å². The number of rotatable bonds is 10. The molecule has 0 unspecified atom stereocenters. The molecule has 0 amide bonds.